The van der Waals surface area contributed by atoms with Crippen molar-refractivity contribution in [3.8, 4) is 5.75 Å². The van der Waals surface area contributed by atoms with Gasteiger partial charge in [-0.3, -0.25) is 0 Å². The second-order valence-electron chi connectivity index (χ2n) is 6.02. The van der Waals surface area contributed by atoms with Crippen LogP contribution in [-0.4, -0.2) is 15.0 Å². The number of H-pyrrole nitrogens is 1. The lowest BCUT2D eigenvalue weighted by Gasteiger charge is -2.07. The fraction of sp³-hybridized carbons (Fsp3) is 0.100. The maximum atomic E-state index is 5.15. The number of aromatic nitrogens is 3. The van der Waals surface area contributed by atoms with Crippen molar-refractivity contribution in [3.63, 3.8) is 0 Å². The molecular weight excluding hydrogens is 439 g/mol. The Morgan fingerprint density at radius 2 is 1.85 bits per heavy atom. The molecule has 26 heavy (non-hydrogen) atoms. The van der Waals surface area contributed by atoms with Crippen LogP contribution in [0.2, 0.25) is 0 Å². The minimum absolute atomic E-state index is 0.724. The van der Waals surface area contributed by atoms with E-state index in [2.05, 4.69) is 32.4 Å². The molecule has 0 atom stereocenters. The van der Waals surface area contributed by atoms with Crippen LogP contribution in [0.4, 0.5) is 5.82 Å². The Balaban J connectivity index is 1.40. The molecule has 130 valence electrons. The molecule has 6 heteroatoms. The average Bonchev–Trinajstić information content (AvgIpc) is 3.11. The molecule has 2 N–H and O–H groups in total. The van der Waals surface area contributed by atoms with Gasteiger partial charge in [-0.25, -0.2) is 9.97 Å². The Hall–Kier alpha value is -2.61. The van der Waals surface area contributed by atoms with Gasteiger partial charge in [0, 0.05) is 36.9 Å². The summed E-state index contributed by atoms with van der Waals surface area (Å²) < 4.78 is 5.15. The van der Waals surface area contributed by atoms with Crippen LogP contribution < -0.4 is 8.38 Å². The highest BCUT2D eigenvalue weighted by atomic mass is 127. The molecular formula is C20H17IN4O. The first-order chi connectivity index (χ1) is 12.8. The van der Waals surface area contributed by atoms with Crippen molar-refractivity contribution in [1.82, 2.24) is 15.0 Å². The van der Waals surface area contributed by atoms with Crippen molar-refractivity contribution in [2.45, 2.75) is 13.0 Å². The van der Waals surface area contributed by atoms with E-state index in [1.54, 1.807) is 6.20 Å². The van der Waals surface area contributed by atoms with Crippen molar-refractivity contribution >= 4 is 39.9 Å². The standard InChI is InChI=1S/C20H17IN4O/c21-26-17-6-3-14(4-7-17)11-23-19-8-5-15(12-24-19)10-16-13-25-20-18(16)2-1-9-22-20/h1-9,12-13H,10-11H2,(H,22,25)(H,23,24). The van der Waals surface area contributed by atoms with Crippen molar-refractivity contribution in [2.75, 3.05) is 5.32 Å². The molecule has 3 aromatic heterocycles. The summed E-state index contributed by atoms with van der Waals surface area (Å²) >= 11 is 1.88. The first-order valence-corrected chi connectivity index (χ1v) is 9.17. The third kappa shape index (κ3) is 3.80. The van der Waals surface area contributed by atoms with Gasteiger partial charge in [-0.05, 0) is 47.0 Å². The summed E-state index contributed by atoms with van der Waals surface area (Å²) in [5, 5.41) is 4.50. The third-order valence-corrected chi connectivity index (χ3v) is 4.75. The number of nitrogens with one attached hydrogen (secondary N) is 2. The van der Waals surface area contributed by atoms with E-state index in [4.69, 9.17) is 3.07 Å². The molecule has 0 saturated heterocycles. The zero-order valence-corrected chi connectivity index (χ0v) is 16.1. The molecule has 0 unspecified atom stereocenters. The van der Waals surface area contributed by atoms with E-state index in [9.17, 15) is 0 Å². The van der Waals surface area contributed by atoms with Crippen LogP contribution in [0.3, 0.4) is 0 Å². The number of fused-ring (bicyclic) bond motifs is 1. The topological polar surface area (TPSA) is 62.8 Å². The Kier molecular flexibility index (Phi) is 5.01. The summed E-state index contributed by atoms with van der Waals surface area (Å²) in [7, 11) is 0. The summed E-state index contributed by atoms with van der Waals surface area (Å²) in [6.45, 7) is 0.724. The number of anilines is 1. The van der Waals surface area contributed by atoms with Gasteiger partial charge in [-0.1, -0.05) is 18.2 Å². The zero-order chi connectivity index (χ0) is 17.8. The number of halogens is 1. The van der Waals surface area contributed by atoms with Crippen LogP contribution in [-0.2, 0) is 13.0 Å². The molecule has 0 bridgehead atoms. The van der Waals surface area contributed by atoms with Gasteiger partial charge < -0.3 is 13.4 Å². The van der Waals surface area contributed by atoms with E-state index >= 15 is 0 Å². The molecule has 0 fully saturated rings. The lowest BCUT2D eigenvalue weighted by Crippen LogP contribution is -2.01. The lowest BCUT2D eigenvalue weighted by atomic mass is 10.1. The summed E-state index contributed by atoms with van der Waals surface area (Å²) in [6.07, 6.45) is 6.57. The van der Waals surface area contributed by atoms with Crippen molar-refractivity contribution in [1.29, 1.82) is 0 Å². The van der Waals surface area contributed by atoms with Gasteiger partial charge in [0.05, 0.1) is 0 Å². The highest BCUT2D eigenvalue weighted by molar-refractivity contribution is 14.1. The molecule has 0 aliphatic heterocycles. The van der Waals surface area contributed by atoms with Gasteiger partial charge in [0.25, 0.3) is 0 Å². The van der Waals surface area contributed by atoms with Crippen molar-refractivity contribution < 1.29 is 3.07 Å². The second kappa shape index (κ2) is 7.74. The van der Waals surface area contributed by atoms with Crippen LogP contribution in [0.1, 0.15) is 16.7 Å². The molecule has 5 nitrogen and oxygen atoms in total. The number of rotatable bonds is 6. The van der Waals surface area contributed by atoms with Gasteiger partial charge in [-0.15, -0.1) is 0 Å². The number of pyridine rings is 2. The molecule has 4 aromatic rings. The normalized spacial score (nSPS) is 10.8. The molecule has 4 rings (SSSR count). The summed E-state index contributed by atoms with van der Waals surface area (Å²) in [5.41, 5.74) is 4.50. The van der Waals surface area contributed by atoms with E-state index < -0.39 is 0 Å². The minimum atomic E-state index is 0.724. The number of nitrogens with zero attached hydrogens (tertiary/aromatic N) is 2. The number of benzene rings is 1. The summed E-state index contributed by atoms with van der Waals surface area (Å²) in [5.74, 6) is 1.72. The number of hydrogen-bond acceptors (Lipinski definition) is 4. The molecule has 1 aromatic carbocycles. The first-order valence-electron chi connectivity index (χ1n) is 8.29. The molecule has 0 saturated carbocycles. The average molecular weight is 456 g/mol. The highest BCUT2D eigenvalue weighted by Gasteiger charge is 2.05. The van der Waals surface area contributed by atoms with Crippen LogP contribution in [0.25, 0.3) is 11.0 Å². The number of hydrogen-bond donors (Lipinski definition) is 2. The summed E-state index contributed by atoms with van der Waals surface area (Å²) in [4.78, 5) is 12.1. The third-order valence-electron chi connectivity index (χ3n) is 4.24. The van der Waals surface area contributed by atoms with Gasteiger partial charge >= 0.3 is 0 Å². The molecule has 0 aliphatic carbocycles. The van der Waals surface area contributed by atoms with Crippen LogP contribution >= 0.6 is 23.0 Å². The Labute approximate surface area is 165 Å². The van der Waals surface area contributed by atoms with Crippen LogP contribution in [0, 0.1) is 0 Å². The predicted molar refractivity (Wildman–Crippen MR) is 112 cm³/mol. The monoisotopic (exact) mass is 456 g/mol. The van der Waals surface area contributed by atoms with Crippen molar-refractivity contribution in [2.24, 2.45) is 0 Å². The van der Waals surface area contributed by atoms with E-state index in [0.717, 1.165) is 35.6 Å². The highest BCUT2D eigenvalue weighted by Crippen LogP contribution is 2.20. The predicted octanol–water partition coefficient (Wildman–Crippen LogP) is 4.89. The van der Waals surface area contributed by atoms with E-state index in [-0.39, 0.29) is 0 Å². The van der Waals surface area contributed by atoms with Crippen molar-refractivity contribution in [3.05, 3.63) is 83.8 Å². The summed E-state index contributed by atoms with van der Waals surface area (Å²) in [6, 6.07) is 16.2. The smallest absolute Gasteiger partial charge is 0.192 e. The second-order valence-corrected chi connectivity index (χ2v) is 6.46. The molecule has 0 radical (unpaired) electrons. The van der Waals surface area contributed by atoms with E-state index in [1.807, 2.05) is 71.8 Å². The quantitative estimate of drug-likeness (QED) is 0.406. The number of aromatic amines is 1. The minimum Gasteiger partial charge on any atom is -0.428 e. The largest absolute Gasteiger partial charge is 0.428 e. The Bertz CT molecular complexity index is 996. The molecule has 0 amide bonds. The molecule has 0 spiro atoms. The fourth-order valence-corrected chi connectivity index (χ4v) is 3.16. The van der Waals surface area contributed by atoms with Crippen LogP contribution in [0.15, 0.2) is 67.1 Å². The van der Waals surface area contributed by atoms with Gasteiger partial charge in [0.1, 0.15) is 17.2 Å². The zero-order valence-electron chi connectivity index (χ0n) is 13.9. The molecule has 3 heterocycles. The van der Waals surface area contributed by atoms with Gasteiger partial charge in [0.2, 0.25) is 0 Å². The molecule has 0 aliphatic rings. The van der Waals surface area contributed by atoms with Crippen LogP contribution in [0.5, 0.6) is 5.75 Å². The van der Waals surface area contributed by atoms with E-state index in [0.29, 0.717) is 0 Å². The Morgan fingerprint density at radius 3 is 2.62 bits per heavy atom. The van der Waals surface area contributed by atoms with E-state index in [1.165, 1.54) is 16.7 Å². The maximum absolute atomic E-state index is 5.15. The van der Waals surface area contributed by atoms with Gasteiger partial charge in [0.15, 0.2) is 23.0 Å². The Morgan fingerprint density at radius 1 is 1.00 bits per heavy atom. The van der Waals surface area contributed by atoms with Gasteiger partial charge in [-0.2, -0.15) is 0 Å². The fourth-order valence-electron chi connectivity index (χ4n) is 2.86. The maximum Gasteiger partial charge on any atom is 0.192 e. The lowest BCUT2D eigenvalue weighted by molar-refractivity contribution is 0.716. The first kappa shape index (κ1) is 16.8. The SMILES string of the molecule is IOc1ccc(CNc2ccc(Cc3c[nH]c4ncccc34)cn2)cc1.